The molecule has 3 nitrogen and oxygen atoms in total. The molecule has 0 aliphatic rings. The third-order valence-electron chi connectivity index (χ3n) is 3.45. The molecule has 0 bridgehead atoms. The van der Waals surface area contributed by atoms with E-state index in [4.69, 9.17) is 0 Å². The molecular weight excluding hydrogens is 316 g/mol. The van der Waals surface area contributed by atoms with Crippen LogP contribution in [0.5, 0.6) is 0 Å². The third-order valence-corrected chi connectivity index (χ3v) is 4.08. The molecule has 0 aliphatic heterocycles. The molecule has 0 amide bonds. The van der Waals surface area contributed by atoms with Crippen LogP contribution in [0.1, 0.15) is 45.7 Å². The van der Waals surface area contributed by atoms with E-state index in [1.807, 2.05) is 0 Å². The van der Waals surface area contributed by atoms with Crippen LogP contribution in [0.3, 0.4) is 0 Å². The van der Waals surface area contributed by atoms with Crippen molar-refractivity contribution in [2.45, 2.75) is 46.2 Å². The van der Waals surface area contributed by atoms with Gasteiger partial charge in [0, 0.05) is 23.1 Å². The number of rotatable bonds is 8. The molecule has 4 heteroatoms. The van der Waals surface area contributed by atoms with Gasteiger partial charge in [-0.2, -0.15) is 0 Å². The molecule has 1 aromatic rings. The molecule has 0 radical (unpaired) electrons. The standard InChI is InChI=1S/C16H27BrN2O/c1-5-8-18-13(4)14-6-7-16(15(17)11-14)19(9-10-20)12(2)3/h6-7,11-13,18,20H,5,8-10H2,1-4H3. The molecular formula is C16H27BrN2O. The minimum absolute atomic E-state index is 0.167. The van der Waals surface area contributed by atoms with E-state index in [1.54, 1.807) is 0 Å². The third kappa shape index (κ3) is 4.76. The van der Waals surface area contributed by atoms with Gasteiger partial charge in [-0.25, -0.2) is 0 Å². The Kier molecular flexibility index (Phi) is 7.56. The number of halogens is 1. The molecule has 1 rings (SSSR count). The van der Waals surface area contributed by atoms with Crippen molar-refractivity contribution in [3.8, 4) is 0 Å². The van der Waals surface area contributed by atoms with Gasteiger partial charge < -0.3 is 15.3 Å². The lowest BCUT2D eigenvalue weighted by Gasteiger charge is -2.29. The van der Waals surface area contributed by atoms with Gasteiger partial charge in [0.05, 0.1) is 12.3 Å². The van der Waals surface area contributed by atoms with Crippen LogP contribution in [-0.4, -0.2) is 30.8 Å². The Morgan fingerprint density at radius 2 is 2.00 bits per heavy atom. The number of aliphatic hydroxyl groups excluding tert-OH is 1. The molecule has 0 spiro atoms. The first-order chi connectivity index (χ1) is 9.51. The number of nitrogens with zero attached hydrogens (tertiary/aromatic N) is 1. The highest BCUT2D eigenvalue weighted by atomic mass is 79.9. The van der Waals surface area contributed by atoms with Crippen molar-refractivity contribution in [3.05, 3.63) is 28.2 Å². The van der Waals surface area contributed by atoms with E-state index in [-0.39, 0.29) is 6.61 Å². The van der Waals surface area contributed by atoms with Crippen molar-refractivity contribution in [2.24, 2.45) is 0 Å². The number of hydrogen-bond donors (Lipinski definition) is 2. The zero-order valence-corrected chi connectivity index (χ0v) is 14.6. The lowest BCUT2D eigenvalue weighted by molar-refractivity contribution is 0.299. The Hall–Kier alpha value is -0.580. The van der Waals surface area contributed by atoms with E-state index in [0.717, 1.165) is 23.1 Å². The van der Waals surface area contributed by atoms with Crippen LogP contribution in [-0.2, 0) is 0 Å². The number of nitrogens with one attached hydrogen (secondary N) is 1. The van der Waals surface area contributed by atoms with Crippen LogP contribution in [0.4, 0.5) is 5.69 Å². The van der Waals surface area contributed by atoms with Crippen molar-refractivity contribution in [3.63, 3.8) is 0 Å². The summed E-state index contributed by atoms with van der Waals surface area (Å²) < 4.78 is 1.09. The van der Waals surface area contributed by atoms with Gasteiger partial charge >= 0.3 is 0 Å². The second-order valence-corrected chi connectivity index (χ2v) is 6.25. The second kappa shape index (κ2) is 8.65. The molecule has 1 unspecified atom stereocenters. The summed E-state index contributed by atoms with van der Waals surface area (Å²) in [6.45, 7) is 10.5. The van der Waals surface area contributed by atoms with Crippen LogP contribution in [0.15, 0.2) is 22.7 Å². The van der Waals surface area contributed by atoms with Crippen LogP contribution >= 0.6 is 15.9 Å². The van der Waals surface area contributed by atoms with Gasteiger partial charge in [-0.1, -0.05) is 13.0 Å². The minimum atomic E-state index is 0.167. The van der Waals surface area contributed by atoms with Crippen molar-refractivity contribution in [1.82, 2.24) is 5.32 Å². The predicted molar refractivity (Wildman–Crippen MR) is 90.4 cm³/mol. The lowest BCUT2D eigenvalue weighted by Crippen LogP contribution is -2.33. The number of hydrogen-bond acceptors (Lipinski definition) is 3. The molecule has 2 N–H and O–H groups in total. The van der Waals surface area contributed by atoms with Gasteiger partial charge in [0.1, 0.15) is 0 Å². The highest BCUT2D eigenvalue weighted by molar-refractivity contribution is 9.10. The molecule has 0 fully saturated rings. The molecule has 1 atom stereocenters. The maximum atomic E-state index is 9.21. The maximum absolute atomic E-state index is 9.21. The van der Waals surface area contributed by atoms with Crippen molar-refractivity contribution in [1.29, 1.82) is 0 Å². The summed E-state index contributed by atoms with van der Waals surface area (Å²) in [7, 11) is 0. The molecule has 20 heavy (non-hydrogen) atoms. The summed E-state index contributed by atoms with van der Waals surface area (Å²) in [5.74, 6) is 0. The second-order valence-electron chi connectivity index (χ2n) is 5.40. The first kappa shape index (κ1) is 17.5. The van der Waals surface area contributed by atoms with Gasteiger partial charge in [0.2, 0.25) is 0 Å². The van der Waals surface area contributed by atoms with Crippen LogP contribution in [0.25, 0.3) is 0 Å². The Labute approximate surface area is 131 Å². The highest BCUT2D eigenvalue weighted by Gasteiger charge is 2.14. The van der Waals surface area contributed by atoms with Crippen LogP contribution in [0.2, 0.25) is 0 Å². The Morgan fingerprint density at radius 1 is 1.30 bits per heavy atom. The smallest absolute Gasteiger partial charge is 0.0606 e. The van der Waals surface area contributed by atoms with Gasteiger partial charge in [0.25, 0.3) is 0 Å². The lowest BCUT2D eigenvalue weighted by atomic mass is 10.1. The van der Waals surface area contributed by atoms with E-state index in [9.17, 15) is 5.11 Å². The molecule has 1 aromatic carbocycles. The Balaban J connectivity index is 2.91. The molecule has 0 saturated carbocycles. The summed E-state index contributed by atoms with van der Waals surface area (Å²) in [5, 5.41) is 12.7. The fourth-order valence-corrected chi connectivity index (χ4v) is 2.89. The van der Waals surface area contributed by atoms with Gasteiger partial charge in [-0.05, 0) is 67.4 Å². The summed E-state index contributed by atoms with van der Waals surface area (Å²) in [6, 6.07) is 7.19. The fraction of sp³-hybridized carbons (Fsp3) is 0.625. The van der Waals surface area contributed by atoms with Gasteiger partial charge in [0.15, 0.2) is 0 Å². The van der Waals surface area contributed by atoms with Crippen LogP contribution in [0, 0.1) is 0 Å². The normalized spacial score (nSPS) is 12.8. The number of anilines is 1. The molecule has 0 saturated heterocycles. The quantitative estimate of drug-likeness (QED) is 0.755. The van der Waals surface area contributed by atoms with Crippen LogP contribution < -0.4 is 10.2 Å². The molecule has 0 heterocycles. The zero-order valence-electron chi connectivity index (χ0n) is 13.0. The predicted octanol–water partition coefficient (Wildman–Crippen LogP) is 3.72. The first-order valence-corrected chi connectivity index (χ1v) is 8.20. The molecule has 0 aromatic heterocycles. The van der Waals surface area contributed by atoms with E-state index >= 15 is 0 Å². The van der Waals surface area contributed by atoms with E-state index in [1.165, 1.54) is 5.56 Å². The topological polar surface area (TPSA) is 35.5 Å². The summed E-state index contributed by atoms with van der Waals surface area (Å²) in [6.07, 6.45) is 1.14. The fourth-order valence-electron chi connectivity index (χ4n) is 2.27. The van der Waals surface area contributed by atoms with E-state index in [2.05, 4.69) is 72.0 Å². The first-order valence-electron chi connectivity index (χ1n) is 7.41. The van der Waals surface area contributed by atoms with Crippen molar-refractivity contribution in [2.75, 3.05) is 24.6 Å². The monoisotopic (exact) mass is 342 g/mol. The SMILES string of the molecule is CCCNC(C)c1ccc(N(CCO)C(C)C)c(Br)c1. The van der Waals surface area contributed by atoms with Crippen molar-refractivity contribution >= 4 is 21.6 Å². The highest BCUT2D eigenvalue weighted by Crippen LogP contribution is 2.30. The average Bonchev–Trinajstić information content (AvgIpc) is 2.42. The minimum Gasteiger partial charge on any atom is -0.395 e. The van der Waals surface area contributed by atoms with Crippen molar-refractivity contribution < 1.29 is 5.11 Å². The Morgan fingerprint density at radius 3 is 2.50 bits per heavy atom. The maximum Gasteiger partial charge on any atom is 0.0606 e. The zero-order chi connectivity index (χ0) is 15.1. The molecule has 114 valence electrons. The van der Waals surface area contributed by atoms with Gasteiger partial charge in [-0.3, -0.25) is 0 Å². The summed E-state index contributed by atoms with van der Waals surface area (Å²) in [4.78, 5) is 2.21. The molecule has 0 aliphatic carbocycles. The number of aliphatic hydroxyl groups is 1. The summed E-state index contributed by atoms with van der Waals surface area (Å²) >= 11 is 3.67. The number of benzene rings is 1. The largest absolute Gasteiger partial charge is 0.395 e. The average molecular weight is 343 g/mol. The van der Waals surface area contributed by atoms with Gasteiger partial charge in [-0.15, -0.1) is 0 Å². The van der Waals surface area contributed by atoms with E-state index in [0.29, 0.717) is 18.6 Å². The van der Waals surface area contributed by atoms with E-state index < -0.39 is 0 Å². The Bertz CT molecular complexity index is 409. The summed E-state index contributed by atoms with van der Waals surface area (Å²) in [5.41, 5.74) is 2.42.